The molecule has 1 amide bonds. The lowest BCUT2D eigenvalue weighted by atomic mass is 9.63. The van der Waals surface area contributed by atoms with Crippen molar-refractivity contribution >= 4 is 5.91 Å². The van der Waals surface area contributed by atoms with Crippen LogP contribution in [-0.4, -0.2) is 23.9 Å². The van der Waals surface area contributed by atoms with Gasteiger partial charge in [-0.15, -0.1) is 0 Å². The summed E-state index contributed by atoms with van der Waals surface area (Å²) in [6.45, 7) is 2.35. The highest BCUT2D eigenvalue weighted by molar-refractivity contribution is 5.78. The maximum absolute atomic E-state index is 12.2. The zero-order valence-corrected chi connectivity index (χ0v) is 17.2. The highest BCUT2D eigenvalue weighted by Crippen LogP contribution is 2.46. The van der Waals surface area contributed by atoms with Gasteiger partial charge in [-0.25, -0.2) is 0 Å². The highest BCUT2D eigenvalue weighted by atomic mass is 16.2. The number of aryl methyl sites for hydroxylation is 1. The number of fused-ring (bicyclic) bond motifs is 3. The molecule has 5 rings (SSSR count). The minimum absolute atomic E-state index is 0.0753. The Kier molecular flexibility index (Phi) is 4.31. The Balaban J connectivity index is 1.47. The Hall–Kier alpha value is -2.87. The lowest BCUT2D eigenvalue weighted by Gasteiger charge is -2.50. The van der Waals surface area contributed by atoms with Gasteiger partial charge < -0.3 is 4.90 Å². The molecule has 3 aromatic carbocycles. The summed E-state index contributed by atoms with van der Waals surface area (Å²) in [5.41, 5.74) is 8.01. The van der Waals surface area contributed by atoms with Crippen molar-refractivity contribution in [1.82, 2.24) is 4.90 Å². The van der Waals surface area contributed by atoms with E-state index in [9.17, 15) is 4.79 Å². The molecule has 2 heteroatoms. The molecular formula is C27H27NO. The van der Waals surface area contributed by atoms with E-state index in [4.69, 9.17) is 0 Å². The van der Waals surface area contributed by atoms with Gasteiger partial charge in [-0.3, -0.25) is 4.79 Å². The van der Waals surface area contributed by atoms with Crippen LogP contribution in [0.4, 0.5) is 0 Å². The van der Waals surface area contributed by atoms with Gasteiger partial charge in [-0.2, -0.15) is 0 Å². The van der Waals surface area contributed by atoms with E-state index in [1.54, 1.807) is 0 Å². The molecule has 0 N–H and O–H groups in total. The van der Waals surface area contributed by atoms with Crippen molar-refractivity contribution in [1.29, 1.82) is 0 Å². The predicted molar refractivity (Wildman–Crippen MR) is 119 cm³/mol. The zero-order chi connectivity index (χ0) is 20.0. The lowest BCUT2D eigenvalue weighted by molar-refractivity contribution is -0.138. The second kappa shape index (κ2) is 6.88. The molecule has 0 aromatic heterocycles. The molecule has 0 radical (unpaired) electrons. The third-order valence-corrected chi connectivity index (χ3v) is 7.19. The van der Waals surface area contributed by atoms with E-state index in [1.807, 2.05) is 11.9 Å². The van der Waals surface area contributed by atoms with Crippen molar-refractivity contribution in [3.8, 4) is 22.3 Å². The number of piperidine rings is 1. The summed E-state index contributed by atoms with van der Waals surface area (Å²) in [5, 5.41) is 0. The van der Waals surface area contributed by atoms with Crippen LogP contribution >= 0.6 is 0 Å². The molecule has 0 spiro atoms. The first-order valence-electron chi connectivity index (χ1n) is 10.6. The fourth-order valence-electron chi connectivity index (χ4n) is 5.45. The van der Waals surface area contributed by atoms with Gasteiger partial charge in [0.25, 0.3) is 0 Å². The summed E-state index contributed by atoms with van der Waals surface area (Å²) in [4.78, 5) is 14.2. The molecule has 2 nitrogen and oxygen atoms in total. The minimum Gasteiger partial charge on any atom is -0.342 e. The Bertz CT molecular complexity index is 1050. The number of nitrogens with zero attached hydrogens (tertiary/aromatic N) is 1. The topological polar surface area (TPSA) is 20.3 Å². The van der Waals surface area contributed by atoms with E-state index >= 15 is 0 Å². The van der Waals surface area contributed by atoms with Gasteiger partial charge in [-0.05, 0) is 52.6 Å². The normalized spacial score (nSPS) is 23.4. The van der Waals surface area contributed by atoms with Crippen LogP contribution in [0.1, 0.15) is 37.3 Å². The fraction of sp³-hybridized carbons (Fsp3) is 0.296. The average Bonchev–Trinajstić information content (AvgIpc) is 2.77. The number of carbonyl (C=O) groups excluding carboxylic acids is 1. The molecule has 1 aliphatic carbocycles. The molecule has 1 aliphatic heterocycles. The van der Waals surface area contributed by atoms with Crippen molar-refractivity contribution in [2.24, 2.45) is 0 Å². The molecule has 0 saturated carbocycles. The smallest absolute Gasteiger partial charge is 0.222 e. The largest absolute Gasteiger partial charge is 0.342 e. The van der Waals surface area contributed by atoms with E-state index in [0.717, 1.165) is 19.3 Å². The summed E-state index contributed by atoms with van der Waals surface area (Å²) >= 11 is 0. The predicted octanol–water partition coefficient (Wildman–Crippen LogP) is 5.85. The average molecular weight is 382 g/mol. The van der Waals surface area contributed by atoms with E-state index in [1.165, 1.54) is 33.4 Å². The van der Waals surface area contributed by atoms with E-state index in [0.29, 0.717) is 18.4 Å². The van der Waals surface area contributed by atoms with Crippen LogP contribution < -0.4 is 0 Å². The molecule has 2 aliphatic rings. The standard InChI is InChI=1S/C27H27NO/c1-27-17-16-26(29)28(2)25(27)15-13-23-18-22(12-14-24(23)27)21-10-8-20(9-11-21)19-6-4-3-5-7-19/h3-12,14,18,25H,13,15-17H2,1-2H3/t25-,27-/m1/s1. The molecule has 29 heavy (non-hydrogen) atoms. The van der Waals surface area contributed by atoms with Gasteiger partial charge in [0.05, 0.1) is 0 Å². The van der Waals surface area contributed by atoms with Crippen molar-refractivity contribution in [3.63, 3.8) is 0 Å². The van der Waals surface area contributed by atoms with Gasteiger partial charge in [0.1, 0.15) is 0 Å². The van der Waals surface area contributed by atoms with E-state index in [2.05, 4.69) is 79.7 Å². The van der Waals surface area contributed by atoms with Crippen LogP contribution in [0.5, 0.6) is 0 Å². The first kappa shape index (κ1) is 18.2. The monoisotopic (exact) mass is 381 g/mol. The van der Waals surface area contributed by atoms with Gasteiger partial charge in [0.15, 0.2) is 0 Å². The molecule has 1 saturated heterocycles. The molecule has 0 unspecified atom stereocenters. The van der Waals surface area contributed by atoms with Gasteiger partial charge in [-0.1, -0.05) is 79.7 Å². The number of likely N-dealkylation sites (N-methyl/N-ethyl adjacent to an activating group) is 1. The number of likely N-dealkylation sites (tertiary alicyclic amines) is 1. The third-order valence-electron chi connectivity index (χ3n) is 7.19. The third kappa shape index (κ3) is 2.98. The van der Waals surface area contributed by atoms with Crippen LogP contribution in [0, 0.1) is 0 Å². The molecule has 1 fully saturated rings. The van der Waals surface area contributed by atoms with Gasteiger partial charge in [0.2, 0.25) is 5.91 Å². The summed E-state index contributed by atoms with van der Waals surface area (Å²) < 4.78 is 0. The molecule has 0 bridgehead atoms. The van der Waals surface area contributed by atoms with E-state index < -0.39 is 0 Å². The summed E-state index contributed by atoms with van der Waals surface area (Å²) in [5.74, 6) is 0.297. The van der Waals surface area contributed by atoms with Crippen molar-refractivity contribution < 1.29 is 4.79 Å². The number of carbonyl (C=O) groups is 1. The Morgan fingerprint density at radius 2 is 1.45 bits per heavy atom. The molecular weight excluding hydrogens is 354 g/mol. The van der Waals surface area contributed by atoms with E-state index in [-0.39, 0.29) is 5.41 Å². The number of hydrogen-bond donors (Lipinski definition) is 0. The zero-order valence-electron chi connectivity index (χ0n) is 17.2. The van der Waals surface area contributed by atoms with Crippen molar-refractivity contribution in [2.75, 3.05) is 7.05 Å². The number of benzene rings is 3. The van der Waals surface area contributed by atoms with Crippen LogP contribution in [0.2, 0.25) is 0 Å². The van der Waals surface area contributed by atoms with Gasteiger partial charge in [0, 0.05) is 24.9 Å². The fourth-order valence-corrected chi connectivity index (χ4v) is 5.45. The quantitative estimate of drug-likeness (QED) is 0.546. The molecule has 2 atom stereocenters. The lowest BCUT2D eigenvalue weighted by Crippen LogP contribution is -2.56. The first-order valence-corrected chi connectivity index (χ1v) is 10.6. The molecule has 3 aromatic rings. The SMILES string of the molecule is CN1C(=O)CC[C@]2(C)c3ccc(-c4ccc(-c5ccccc5)cc4)cc3CC[C@@H]12. The minimum atomic E-state index is 0.0753. The Morgan fingerprint density at radius 1 is 0.828 bits per heavy atom. The highest BCUT2D eigenvalue weighted by Gasteiger charge is 2.46. The van der Waals surface area contributed by atoms with Crippen LogP contribution in [0.15, 0.2) is 72.8 Å². The number of hydrogen-bond acceptors (Lipinski definition) is 1. The van der Waals surface area contributed by atoms with Crippen molar-refractivity contribution in [2.45, 2.75) is 44.1 Å². The second-order valence-electron chi connectivity index (χ2n) is 8.79. The Labute approximate surface area is 173 Å². The van der Waals surface area contributed by atoms with Gasteiger partial charge >= 0.3 is 0 Å². The first-order chi connectivity index (χ1) is 14.1. The summed E-state index contributed by atoms with van der Waals surface area (Å²) in [6, 6.07) is 26.7. The summed E-state index contributed by atoms with van der Waals surface area (Å²) in [7, 11) is 1.98. The van der Waals surface area contributed by atoms with Crippen LogP contribution in [-0.2, 0) is 16.6 Å². The van der Waals surface area contributed by atoms with Crippen LogP contribution in [0.25, 0.3) is 22.3 Å². The molecule has 1 heterocycles. The van der Waals surface area contributed by atoms with Crippen LogP contribution in [0.3, 0.4) is 0 Å². The number of amides is 1. The maximum Gasteiger partial charge on any atom is 0.222 e. The van der Waals surface area contributed by atoms with Crippen molar-refractivity contribution in [3.05, 3.63) is 83.9 Å². The Morgan fingerprint density at radius 3 is 2.17 bits per heavy atom. The number of rotatable bonds is 2. The molecule has 146 valence electrons. The maximum atomic E-state index is 12.2. The second-order valence-corrected chi connectivity index (χ2v) is 8.79. The summed E-state index contributed by atoms with van der Waals surface area (Å²) in [6.07, 6.45) is 3.72.